The molecule has 29 heavy (non-hydrogen) atoms. The van der Waals surface area contributed by atoms with Crippen molar-refractivity contribution in [3.63, 3.8) is 0 Å². The summed E-state index contributed by atoms with van der Waals surface area (Å²) in [7, 11) is 1.55. The summed E-state index contributed by atoms with van der Waals surface area (Å²) in [5.41, 5.74) is 0.977. The first-order valence-electron chi connectivity index (χ1n) is 9.29. The fourth-order valence-corrected chi connectivity index (χ4v) is 2.97. The molecule has 0 aliphatic carbocycles. The lowest BCUT2D eigenvalue weighted by Crippen LogP contribution is -2.48. The first kappa shape index (κ1) is 21.9. The molecular weight excluding hydrogens is 374 g/mol. The zero-order chi connectivity index (χ0) is 21.4. The number of carbonyl (C=O) groups excluding carboxylic acids is 2. The van der Waals surface area contributed by atoms with Crippen molar-refractivity contribution in [1.29, 1.82) is 0 Å². The molecule has 0 fully saturated rings. The first-order valence-corrected chi connectivity index (χ1v) is 9.29. The number of hydrogen-bond donors (Lipinski definition) is 1. The van der Waals surface area contributed by atoms with E-state index in [9.17, 15) is 19.7 Å². The second-order valence-corrected chi connectivity index (χ2v) is 6.51. The van der Waals surface area contributed by atoms with Crippen LogP contribution in [0.5, 0.6) is 5.75 Å². The van der Waals surface area contributed by atoms with E-state index >= 15 is 0 Å². The summed E-state index contributed by atoms with van der Waals surface area (Å²) in [4.78, 5) is 37.7. The summed E-state index contributed by atoms with van der Waals surface area (Å²) in [5.74, 6) is -0.0218. The van der Waals surface area contributed by atoms with Crippen molar-refractivity contribution in [3.8, 4) is 5.75 Å². The molecule has 8 heteroatoms. The van der Waals surface area contributed by atoms with Crippen LogP contribution in [0, 0.1) is 10.1 Å². The SMILES string of the molecule is CCNC(=O)[C@@H](C)N(Cc1cccc(OC)c1)C(=O)Cc1ccccc1[N+](=O)[O-]. The van der Waals surface area contributed by atoms with Crippen molar-refractivity contribution in [2.75, 3.05) is 13.7 Å². The molecule has 0 aliphatic rings. The predicted octanol–water partition coefficient (Wildman–Crippen LogP) is 2.70. The minimum atomic E-state index is -0.739. The van der Waals surface area contributed by atoms with Gasteiger partial charge < -0.3 is 15.0 Å². The van der Waals surface area contributed by atoms with E-state index in [0.717, 1.165) is 5.56 Å². The van der Waals surface area contributed by atoms with Gasteiger partial charge in [-0.1, -0.05) is 30.3 Å². The van der Waals surface area contributed by atoms with Crippen LogP contribution in [0.2, 0.25) is 0 Å². The Hall–Kier alpha value is -3.42. The lowest BCUT2D eigenvalue weighted by atomic mass is 10.1. The number of nitrogens with one attached hydrogen (secondary N) is 1. The highest BCUT2D eigenvalue weighted by Gasteiger charge is 2.27. The van der Waals surface area contributed by atoms with Crippen LogP contribution in [0.1, 0.15) is 25.0 Å². The molecule has 0 spiro atoms. The molecule has 2 rings (SSSR count). The zero-order valence-corrected chi connectivity index (χ0v) is 16.8. The van der Waals surface area contributed by atoms with Crippen molar-refractivity contribution in [1.82, 2.24) is 10.2 Å². The number of nitro groups is 1. The molecule has 8 nitrogen and oxygen atoms in total. The normalized spacial score (nSPS) is 11.4. The summed E-state index contributed by atoms with van der Waals surface area (Å²) >= 11 is 0. The molecule has 2 amide bonds. The van der Waals surface area contributed by atoms with Crippen LogP contribution in [0.15, 0.2) is 48.5 Å². The highest BCUT2D eigenvalue weighted by molar-refractivity contribution is 5.88. The van der Waals surface area contributed by atoms with E-state index in [1.165, 1.54) is 11.0 Å². The smallest absolute Gasteiger partial charge is 0.273 e. The van der Waals surface area contributed by atoms with E-state index in [-0.39, 0.29) is 30.5 Å². The number of carbonyl (C=O) groups is 2. The number of amides is 2. The van der Waals surface area contributed by atoms with Gasteiger partial charge in [0.2, 0.25) is 11.8 Å². The van der Waals surface area contributed by atoms with Gasteiger partial charge in [-0.15, -0.1) is 0 Å². The summed E-state index contributed by atoms with van der Waals surface area (Å²) < 4.78 is 5.22. The number of methoxy groups -OCH3 is 1. The molecule has 0 aliphatic heterocycles. The third-order valence-electron chi connectivity index (χ3n) is 4.54. The number of benzene rings is 2. The average molecular weight is 399 g/mol. The van der Waals surface area contributed by atoms with Crippen molar-refractivity contribution < 1.29 is 19.2 Å². The Labute approximate surface area is 169 Å². The average Bonchev–Trinajstić information content (AvgIpc) is 2.72. The number of hydrogen-bond acceptors (Lipinski definition) is 5. The third kappa shape index (κ3) is 5.78. The van der Waals surface area contributed by atoms with Gasteiger partial charge in [-0.25, -0.2) is 0 Å². The van der Waals surface area contributed by atoms with Crippen molar-refractivity contribution in [3.05, 3.63) is 69.8 Å². The number of nitro benzene ring substituents is 1. The van der Waals surface area contributed by atoms with Crippen molar-refractivity contribution in [2.24, 2.45) is 0 Å². The maximum absolute atomic E-state index is 13.1. The number of ether oxygens (including phenoxy) is 1. The van der Waals surface area contributed by atoms with Crippen LogP contribution >= 0.6 is 0 Å². The Morgan fingerprint density at radius 3 is 2.59 bits per heavy atom. The molecular formula is C21H25N3O5. The second kappa shape index (κ2) is 10.2. The molecule has 0 saturated heterocycles. The minimum Gasteiger partial charge on any atom is -0.497 e. The standard InChI is InChI=1S/C21H25N3O5/c1-4-22-21(26)15(2)23(14-16-8-7-10-18(12-16)29-3)20(25)13-17-9-5-6-11-19(17)24(27)28/h5-12,15H,4,13-14H2,1-3H3,(H,22,26)/t15-/m1/s1. The Kier molecular flexibility index (Phi) is 7.70. The second-order valence-electron chi connectivity index (χ2n) is 6.51. The fourth-order valence-electron chi connectivity index (χ4n) is 2.97. The third-order valence-corrected chi connectivity index (χ3v) is 4.54. The van der Waals surface area contributed by atoms with Gasteiger partial charge >= 0.3 is 0 Å². The van der Waals surface area contributed by atoms with Crippen LogP contribution < -0.4 is 10.1 Å². The molecule has 154 valence electrons. The lowest BCUT2D eigenvalue weighted by Gasteiger charge is -2.29. The molecule has 0 radical (unpaired) electrons. The monoisotopic (exact) mass is 399 g/mol. The maximum Gasteiger partial charge on any atom is 0.273 e. The minimum absolute atomic E-state index is 0.118. The highest BCUT2D eigenvalue weighted by atomic mass is 16.6. The van der Waals surface area contributed by atoms with Gasteiger partial charge in [0.1, 0.15) is 11.8 Å². The molecule has 2 aromatic rings. The Balaban J connectivity index is 2.32. The van der Waals surface area contributed by atoms with E-state index in [1.54, 1.807) is 57.4 Å². The molecule has 2 aromatic carbocycles. The van der Waals surface area contributed by atoms with Crippen LogP contribution in [0.25, 0.3) is 0 Å². The Morgan fingerprint density at radius 1 is 1.21 bits per heavy atom. The molecule has 0 heterocycles. The Bertz CT molecular complexity index is 884. The van der Waals surface area contributed by atoms with Gasteiger partial charge in [0.25, 0.3) is 5.69 Å². The molecule has 0 saturated carbocycles. The predicted molar refractivity (Wildman–Crippen MR) is 108 cm³/mol. The van der Waals surface area contributed by atoms with Crippen LogP contribution in [0.3, 0.4) is 0 Å². The van der Waals surface area contributed by atoms with Gasteiger partial charge in [0.05, 0.1) is 18.5 Å². The van der Waals surface area contributed by atoms with Gasteiger partial charge in [0, 0.05) is 24.7 Å². The number of para-hydroxylation sites is 1. The van der Waals surface area contributed by atoms with E-state index in [2.05, 4.69) is 5.32 Å². The van der Waals surface area contributed by atoms with Crippen LogP contribution in [-0.2, 0) is 22.6 Å². The fraction of sp³-hybridized carbons (Fsp3) is 0.333. The summed E-state index contributed by atoms with van der Waals surface area (Å²) in [6.45, 7) is 4.05. The van der Waals surface area contributed by atoms with E-state index < -0.39 is 11.0 Å². The maximum atomic E-state index is 13.1. The molecule has 0 bridgehead atoms. The quantitative estimate of drug-likeness (QED) is 0.516. The zero-order valence-electron chi connectivity index (χ0n) is 16.8. The molecule has 0 unspecified atom stereocenters. The van der Waals surface area contributed by atoms with Gasteiger partial charge in [-0.3, -0.25) is 19.7 Å². The first-order chi connectivity index (χ1) is 13.9. The molecule has 1 atom stereocenters. The van der Waals surface area contributed by atoms with Crippen LogP contribution in [-0.4, -0.2) is 41.3 Å². The molecule has 1 N–H and O–H groups in total. The Morgan fingerprint density at radius 2 is 1.93 bits per heavy atom. The van der Waals surface area contributed by atoms with Gasteiger partial charge in [0.15, 0.2) is 0 Å². The number of nitrogens with zero attached hydrogens (tertiary/aromatic N) is 2. The summed E-state index contributed by atoms with van der Waals surface area (Å²) in [6, 6.07) is 12.6. The van der Waals surface area contributed by atoms with E-state index in [1.807, 2.05) is 6.07 Å². The topological polar surface area (TPSA) is 102 Å². The van der Waals surface area contributed by atoms with E-state index in [0.29, 0.717) is 17.9 Å². The highest BCUT2D eigenvalue weighted by Crippen LogP contribution is 2.21. The van der Waals surface area contributed by atoms with Gasteiger partial charge in [-0.05, 0) is 31.5 Å². The van der Waals surface area contributed by atoms with Crippen molar-refractivity contribution >= 4 is 17.5 Å². The van der Waals surface area contributed by atoms with Gasteiger partial charge in [-0.2, -0.15) is 0 Å². The van der Waals surface area contributed by atoms with Crippen LogP contribution in [0.4, 0.5) is 5.69 Å². The summed E-state index contributed by atoms with van der Waals surface area (Å²) in [6.07, 6.45) is -0.176. The number of likely N-dealkylation sites (N-methyl/N-ethyl adjacent to an activating group) is 1. The summed E-state index contributed by atoms with van der Waals surface area (Å²) in [5, 5.41) is 14.0. The van der Waals surface area contributed by atoms with Crippen molar-refractivity contribution in [2.45, 2.75) is 32.9 Å². The van der Waals surface area contributed by atoms with E-state index in [4.69, 9.17) is 4.74 Å². The largest absolute Gasteiger partial charge is 0.497 e. The number of rotatable bonds is 9. The lowest BCUT2D eigenvalue weighted by molar-refractivity contribution is -0.385. The molecule has 0 aromatic heterocycles.